The van der Waals surface area contributed by atoms with Gasteiger partial charge in [-0.25, -0.2) is 0 Å². The molecule has 0 aliphatic carbocycles. The molecule has 23 heavy (non-hydrogen) atoms. The van der Waals surface area contributed by atoms with Crippen molar-refractivity contribution in [1.29, 1.82) is 0 Å². The molecule has 0 aromatic heterocycles. The predicted molar refractivity (Wildman–Crippen MR) is 96.8 cm³/mol. The first-order valence-electron chi connectivity index (χ1n) is 7.41. The highest BCUT2D eigenvalue weighted by molar-refractivity contribution is 5.74. The molecule has 0 saturated carbocycles. The van der Waals surface area contributed by atoms with Crippen LogP contribution in [-0.4, -0.2) is 26.1 Å². The van der Waals surface area contributed by atoms with Crippen LogP contribution in [0.25, 0.3) is 0 Å². The summed E-state index contributed by atoms with van der Waals surface area (Å²) in [5.41, 5.74) is 2.60. The summed E-state index contributed by atoms with van der Waals surface area (Å²) in [5, 5.41) is 0. The van der Waals surface area contributed by atoms with Gasteiger partial charge in [-0.1, -0.05) is 55.7 Å². The number of methoxy groups -OCH3 is 2. The number of hydrogen-bond donors (Lipinski definition) is 0. The van der Waals surface area contributed by atoms with E-state index in [0.29, 0.717) is 5.56 Å². The molecule has 0 spiro atoms. The lowest BCUT2D eigenvalue weighted by Gasteiger charge is -2.17. The fraction of sp³-hybridized carbons (Fsp3) is 0.350. The number of allylic oxidation sites excluding steroid dienone is 2. The minimum absolute atomic E-state index is 0.0417. The van der Waals surface area contributed by atoms with Gasteiger partial charge in [-0.2, -0.15) is 0 Å². The van der Waals surface area contributed by atoms with Gasteiger partial charge in [0.1, 0.15) is 12.4 Å². The van der Waals surface area contributed by atoms with E-state index in [-0.39, 0.29) is 11.7 Å². The van der Waals surface area contributed by atoms with Crippen molar-refractivity contribution in [3.8, 4) is 0 Å². The average molecular weight is 316 g/mol. The second-order valence-electron chi connectivity index (χ2n) is 5.82. The van der Waals surface area contributed by atoms with Crippen molar-refractivity contribution in [3.63, 3.8) is 0 Å². The minimum atomic E-state index is -0.189. The molecule has 0 N–H and O–H groups in total. The normalized spacial score (nSPS) is 12.7. The first-order valence-corrected chi connectivity index (χ1v) is 7.41. The summed E-state index contributed by atoms with van der Waals surface area (Å²) in [7, 11) is 3.35. The molecule has 1 aromatic carbocycles. The third-order valence-electron chi connectivity index (χ3n) is 3.07. The summed E-state index contributed by atoms with van der Waals surface area (Å²) in [5.74, 6) is 0. The zero-order valence-corrected chi connectivity index (χ0v) is 14.8. The molecule has 126 valence electrons. The van der Waals surface area contributed by atoms with E-state index in [4.69, 9.17) is 9.47 Å². The number of aldehydes is 1. The van der Waals surface area contributed by atoms with Crippen LogP contribution in [0, 0.1) is 0 Å². The first kappa shape index (κ1) is 21.0. The molecule has 0 radical (unpaired) electrons. The Labute approximate surface area is 140 Å². The highest BCUT2D eigenvalue weighted by Crippen LogP contribution is 2.26. The second kappa shape index (κ2) is 10.7. The largest absolute Gasteiger partial charge is 0.379 e. The SMILES string of the molecule is C=C/C=C(\C=C)C(OC)c1ccc(C=O)cc1.COC(C)(C)C. The van der Waals surface area contributed by atoms with Gasteiger partial charge < -0.3 is 9.47 Å². The van der Waals surface area contributed by atoms with E-state index in [0.717, 1.165) is 17.4 Å². The van der Waals surface area contributed by atoms with Crippen molar-refractivity contribution in [3.05, 3.63) is 72.4 Å². The van der Waals surface area contributed by atoms with Gasteiger partial charge >= 0.3 is 0 Å². The zero-order chi connectivity index (χ0) is 17.9. The van der Waals surface area contributed by atoms with E-state index in [2.05, 4.69) is 13.2 Å². The Balaban J connectivity index is 0.000000688. The molecule has 0 fully saturated rings. The molecule has 3 heteroatoms. The monoisotopic (exact) mass is 316 g/mol. The number of carbonyl (C=O) groups excluding carboxylic acids is 1. The lowest BCUT2D eigenvalue weighted by atomic mass is 10.00. The van der Waals surface area contributed by atoms with Crippen molar-refractivity contribution < 1.29 is 14.3 Å². The van der Waals surface area contributed by atoms with Gasteiger partial charge in [0, 0.05) is 19.8 Å². The molecule has 0 aliphatic rings. The first-order chi connectivity index (χ1) is 10.8. The maximum Gasteiger partial charge on any atom is 0.150 e. The lowest BCUT2D eigenvalue weighted by Crippen LogP contribution is -2.15. The Bertz CT molecular complexity index is 519. The molecule has 0 bridgehead atoms. The van der Waals surface area contributed by atoms with Crippen LogP contribution in [0.5, 0.6) is 0 Å². The molecule has 0 heterocycles. The van der Waals surface area contributed by atoms with E-state index < -0.39 is 0 Å². The third-order valence-corrected chi connectivity index (χ3v) is 3.07. The summed E-state index contributed by atoms with van der Waals surface area (Å²) in [6.45, 7) is 13.5. The van der Waals surface area contributed by atoms with Crippen LogP contribution < -0.4 is 0 Å². The molecule has 0 saturated heterocycles. The van der Waals surface area contributed by atoms with Crippen molar-refractivity contribution in [1.82, 2.24) is 0 Å². The van der Waals surface area contributed by atoms with Crippen molar-refractivity contribution in [2.24, 2.45) is 0 Å². The number of carbonyl (C=O) groups is 1. The van der Waals surface area contributed by atoms with E-state index in [9.17, 15) is 4.79 Å². The van der Waals surface area contributed by atoms with Crippen LogP contribution in [0.15, 0.2) is 61.2 Å². The molecular formula is C20H28O3. The summed E-state index contributed by atoms with van der Waals surface area (Å²) >= 11 is 0. The van der Waals surface area contributed by atoms with E-state index >= 15 is 0 Å². The Morgan fingerprint density at radius 3 is 1.96 bits per heavy atom. The van der Waals surface area contributed by atoms with Gasteiger partial charge in [0.2, 0.25) is 0 Å². The van der Waals surface area contributed by atoms with Crippen LogP contribution in [-0.2, 0) is 9.47 Å². The molecule has 0 aliphatic heterocycles. The molecule has 1 rings (SSSR count). The Morgan fingerprint density at radius 2 is 1.65 bits per heavy atom. The number of rotatable bonds is 6. The minimum Gasteiger partial charge on any atom is -0.379 e. The van der Waals surface area contributed by atoms with Crippen molar-refractivity contribution in [2.45, 2.75) is 32.5 Å². The van der Waals surface area contributed by atoms with E-state index in [1.807, 2.05) is 39.0 Å². The summed E-state index contributed by atoms with van der Waals surface area (Å²) in [6.07, 6.45) is 5.92. The topological polar surface area (TPSA) is 35.5 Å². The lowest BCUT2D eigenvalue weighted by molar-refractivity contribution is 0.0397. The maximum atomic E-state index is 10.6. The number of benzene rings is 1. The quantitative estimate of drug-likeness (QED) is 0.552. The van der Waals surface area contributed by atoms with Gasteiger partial charge in [-0.3, -0.25) is 4.79 Å². The van der Waals surface area contributed by atoms with Crippen LogP contribution in [0.1, 0.15) is 42.8 Å². The zero-order valence-electron chi connectivity index (χ0n) is 14.8. The van der Waals surface area contributed by atoms with Crippen LogP contribution in [0.3, 0.4) is 0 Å². The summed E-state index contributed by atoms with van der Waals surface area (Å²) < 4.78 is 10.4. The molecule has 0 amide bonds. The molecule has 1 unspecified atom stereocenters. The van der Waals surface area contributed by atoms with E-state index in [1.54, 1.807) is 38.5 Å². The fourth-order valence-corrected chi connectivity index (χ4v) is 1.61. The van der Waals surface area contributed by atoms with Crippen LogP contribution in [0.4, 0.5) is 0 Å². The Morgan fingerprint density at radius 1 is 1.13 bits per heavy atom. The smallest absolute Gasteiger partial charge is 0.150 e. The Hall–Kier alpha value is -1.97. The van der Waals surface area contributed by atoms with Gasteiger partial charge in [0.05, 0.1) is 5.60 Å². The van der Waals surface area contributed by atoms with Gasteiger partial charge in [-0.05, 0) is 31.9 Å². The van der Waals surface area contributed by atoms with Gasteiger partial charge in [0.15, 0.2) is 0 Å². The Kier molecular flexibility index (Phi) is 9.79. The van der Waals surface area contributed by atoms with Crippen molar-refractivity contribution >= 4 is 6.29 Å². The van der Waals surface area contributed by atoms with E-state index in [1.165, 1.54) is 0 Å². The van der Waals surface area contributed by atoms with Crippen molar-refractivity contribution in [2.75, 3.05) is 14.2 Å². The molecular weight excluding hydrogens is 288 g/mol. The van der Waals surface area contributed by atoms with Gasteiger partial charge in [-0.15, -0.1) is 0 Å². The maximum absolute atomic E-state index is 10.6. The van der Waals surface area contributed by atoms with Crippen LogP contribution in [0.2, 0.25) is 0 Å². The summed E-state index contributed by atoms with van der Waals surface area (Å²) in [4.78, 5) is 10.6. The molecule has 3 nitrogen and oxygen atoms in total. The standard InChI is InChI=1S/C15H16O2.C5H12O/c1-4-6-13(5-2)15(17-3)14-9-7-12(11-16)8-10-14;1-5(2,3)6-4/h4-11,15H,1-2H2,3H3;1-4H3/b13-6+;. The molecule has 1 atom stereocenters. The second-order valence-corrected chi connectivity index (χ2v) is 5.82. The summed E-state index contributed by atoms with van der Waals surface area (Å²) in [6, 6.07) is 7.28. The highest BCUT2D eigenvalue weighted by atomic mass is 16.5. The van der Waals surface area contributed by atoms with Crippen LogP contribution >= 0.6 is 0 Å². The average Bonchev–Trinajstić information content (AvgIpc) is 2.55. The highest BCUT2D eigenvalue weighted by Gasteiger charge is 2.12. The predicted octanol–water partition coefficient (Wildman–Crippen LogP) is 4.92. The van der Waals surface area contributed by atoms with Gasteiger partial charge in [0.25, 0.3) is 0 Å². The third kappa shape index (κ3) is 8.29. The fourth-order valence-electron chi connectivity index (χ4n) is 1.61. The number of hydrogen-bond acceptors (Lipinski definition) is 3. The molecule has 1 aromatic rings. The number of ether oxygens (including phenoxy) is 2.